The highest BCUT2D eigenvalue weighted by Crippen LogP contribution is 2.29. The first-order chi connectivity index (χ1) is 11.9. The van der Waals surface area contributed by atoms with Crippen LogP contribution in [-0.2, 0) is 29.7 Å². The zero-order chi connectivity index (χ0) is 18.0. The topological polar surface area (TPSA) is 50.2 Å². The van der Waals surface area contributed by atoms with Gasteiger partial charge in [0.05, 0.1) is 18.6 Å². The van der Waals surface area contributed by atoms with E-state index in [1.54, 1.807) is 0 Å². The maximum Gasteiger partial charge on any atom is 0.238 e. The summed E-state index contributed by atoms with van der Waals surface area (Å²) < 4.78 is 2.20. The Balaban J connectivity index is 1.65. The van der Waals surface area contributed by atoms with Crippen LogP contribution < -0.4 is 5.32 Å². The zero-order valence-electron chi connectivity index (χ0n) is 15.7. The van der Waals surface area contributed by atoms with Crippen LogP contribution in [0.3, 0.4) is 0 Å². The van der Waals surface area contributed by atoms with Gasteiger partial charge in [0.25, 0.3) is 0 Å². The van der Waals surface area contributed by atoms with Gasteiger partial charge in [-0.25, -0.2) is 4.98 Å². The number of hydrogen-bond acceptors (Lipinski definition) is 3. The maximum absolute atomic E-state index is 12.6. The summed E-state index contributed by atoms with van der Waals surface area (Å²) in [5, 5.41) is 3.10. The van der Waals surface area contributed by atoms with Crippen LogP contribution in [0.4, 0.5) is 5.69 Å². The molecule has 1 N–H and O–H groups in total. The summed E-state index contributed by atoms with van der Waals surface area (Å²) in [6.07, 6.45) is 2.86. The number of hydrogen-bond donors (Lipinski definition) is 1. The van der Waals surface area contributed by atoms with E-state index in [9.17, 15) is 4.79 Å². The van der Waals surface area contributed by atoms with Gasteiger partial charge in [0, 0.05) is 37.4 Å². The summed E-state index contributed by atoms with van der Waals surface area (Å²) in [5.41, 5.74) is 4.49. The first kappa shape index (κ1) is 17.7. The number of aromatic nitrogens is 2. The van der Waals surface area contributed by atoms with Crippen molar-refractivity contribution >= 4 is 11.6 Å². The second-order valence-corrected chi connectivity index (χ2v) is 7.73. The second-order valence-electron chi connectivity index (χ2n) is 7.73. The number of carbonyl (C=O) groups excluding carboxylic acids is 1. The predicted octanol–water partition coefficient (Wildman–Crippen LogP) is 3.20. The monoisotopic (exact) mass is 340 g/mol. The Labute approximate surface area is 150 Å². The molecule has 1 aliphatic heterocycles. The molecule has 1 aromatic heterocycles. The molecule has 0 aliphatic carbocycles. The van der Waals surface area contributed by atoms with Crippen LogP contribution in [-0.4, -0.2) is 33.4 Å². The van der Waals surface area contributed by atoms with Crippen LogP contribution in [0, 0.1) is 0 Å². The largest absolute Gasteiger partial charge is 0.334 e. The molecule has 5 heteroatoms. The first-order valence-electron chi connectivity index (χ1n) is 9.03. The number of amides is 1. The number of para-hydroxylation sites is 1. The molecular formula is C20H28N4O. The lowest BCUT2D eigenvalue weighted by atomic mass is 9.86. The molecule has 0 saturated carbocycles. The molecule has 0 radical (unpaired) electrons. The van der Waals surface area contributed by atoms with Crippen molar-refractivity contribution in [2.24, 2.45) is 0 Å². The maximum atomic E-state index is 12.6. The van der Waals surface area contributed by atoms with Crippen molar-refractivity contribution in [2.45, 2.75) is 52.6 Å². The number of rotatable bonds is 4. The van der Waals surface area contributed by atoms with Crippen LogP contribution in [0.25, 0.3) is 0 Å². The Morgan fingerprint density at radius 1 is 1.28 bits per heavy atom. The molecule has 1 aromatic carbocycles. The molecule has 134 valence electrons. The third-order valence-corrected chi connectivity index (χ3v) is 4.79. The van der Waals surface area contributed by atoms with Crippen LogP contribution in [0.1, 0.15) is 44.6 Å². The van der Waals surface area contributed by atoms with Crippen molar-refractivity contribution in [3.05, 3.63) is 47.5 Å². The van der Waals surface area contributed by atoms with Gasteiger partial charge in [-0.15, -0.1) is 0 Å². The molecule has 0 fully saturated rings. The van der Waals surface area contributed by atoms with E-state index in [1.807, 2.05) is 24.5 Å². The van der Waals surface area contributed by atoms with Gasteiger partial charge >= 0.3 is 0 Å². The first-order valence-corrected chi connectivity index (χ1v) is 9.03. The average molecular weight is 340 g/mol. The number of benzene rings is 1. The van der Waals surface area contributed by atoms with Gasteiger partial charge in [0.1, 0.15) is 0 Å². The highest BCUT2D eigenvalue weighted by atomic mass is 16.2. The van der Waals surface area contributed by atoms with E-state index in [4.69, 9.17) is 0 Å². The van der Waals surface area contributed by atoms with Crippen molar-refractivity contribution in [1.82, 2.24) is 14.5 Å². The zero-order valence-corrected chi connectivity index (χ0v) is 15.7. The van der Waals surface area contributed by atoms with Crippen LogP contribution in [0.5, 0.6) is 0 Å². The highest BCUT2D eigenvalue weighted by molar-refractivity contribution is 5.93. The molecule has 1 amide bonds. The van der Waals surface area contributed by atoms with E-state index in [1.165, 1.54) is 5.69 Å². The molecule has 0 spiro atoms. The predicted molar refractivity (Wildman–Crippen MR) is 101 cm³/mol. The number of nitrogens with zero attached hydrogens (tertiary/aromatic N) is 3. The van der Waals surface area contributed by atoms with Gasteiger partial charge in [-0.3, -0.25) is 9.69 Å². The van der Waals surface area contributed by atoms with Gasteiger partial charge in [0.15, 0.2) is 0 Å². The van der Waals surface area contributed by atoms with E-state index in [2.05, 4.69) is 53.5 Å². The molecule has 0 atom stereocenters. The molecule has 0 unspecified atom stereocenters. The van der Waals surface area contributed by atoms with Crippen molar-refractivity contribution in [1.29, 1.82) is 0 Å². The Bertz CT molecular complexity index is 757. The van der Waals surface area contributed by atoms with Gasteiger partial charge in [-0.05, 0) is 24.0 Å². The molecule has 2 heterocycles. The summed E-state index contributed by atoms with van der Waals surface area (Å²) in [4.78, 5) is 19.2. The summed E-state index contributed by atoms with van der Waals surface area (Å²) in [6, 6.07) is 8.05. The Morgan fingerprint density at radius 2 is 2.04 bits per heavy atom. The third-order valence-electron chi connectivity index (χ3n) is 4.79. The molecule has 1 aliphatic rings. The second kappa shape index (κ2) is 7.00. The van der Waals surface area contributed by atoms with E-state index >= 15 is 0 Å². The van der Waals surface area contributed by atoms with Gasteiger partial charge in [-0.1, -0.05) is 39.0 Å². The Kier molecular flexibility index (Phi) is 4.95. The van der Waals surface area contributed by atoms with Crippen molar-refractivity contribution in [3.63, 3.8) is 0 Å². The van der Waals surface area contributed by atoms with Crippen molar-refractivity contribution in [2.75, 3.05) is 18.4 Å². The molecule has 2 aromatic rings. The number of carbonyl (C=O) groups is 1. The molecule has 3 rings (SSSR count). The minimum absolute atomic E-state index is 0.00309. The number of fused-ring (bicyclic) bond motifs is 1. The standard InChI is InChI=1S/C20H28N4O/c1-5-24-14-21-17-12-23(11-10-18(17)24)13-19(25)22-16-9-7-6-8-15(16)20(2,3)4/h6-9,14H,5,10-13H2,1-4H3,(H,22,25). The smallest absolute Gasteiger partial charge is 0.238 e. The van der Waals surface area contributed by atoms with E-state index < -0.39 is 0 Å². The molecular weight excluding hydrogens is 312 g/mol. The van der Waals surface area contributed by atoms with E-state index in [-0.39, 0.29) is 11.3 Å². The Hall–Kier alpha value is -2.14. The van der Waals surface area contributed by atoms with Crippen molar-refractivity contribution < 1.29 is 4.79 Å². The van der Waals surface area contributed by atoms with Crippen LogP contribution in [0.15, 0.2) is 30.6 Å². The summed E-state index contributed by atoms with van der Waals surface area (Å²) >= 11 is 0. The van der Waals surface area contributed by atoms with Crippen molar-refractivity contribution in [3.8, 4) is 0 Å². The lowest BCUT2D eigenvalue weighted by Gasteiger charge is -2.27. The fraction of sp³-hybridized carbons (Fsp3) is 0.500. The lowest BCUT2D eigenvalue weighted by Crippen LogP contribution is -2.37. The number of nitrogens with one attached hydrogen (secondary N) is 1. The minimum Gasteiger partial charge on any atom is -0.334 e. The summed E-state index contributed by atoms with van der Waals surface area (Å²) in [7, 11) is 0. The fourth-order valence-electron chi connectivity index (χ4n) is 3.47. The fourth-order valence-corrected chi connectivity index (χ4v) is 3.47. The number of imidazole rings is 1. The number of aryl methyl sites for hydroxylation is 1. The quantitative estimate of drug-likeness (QED) is 0.930. The van der Waals surface area contributed by atoms with Crippen LogP contribution >= 0.6 is 0 Å². The Morgan fingerprint density at radius 3 is 2.76 bits per heavy atom. The number of anilines is 1. The minimum atomic E-state index is -0.00309. The summed E-state index contributed by atoms with van der Waals surface area (Å²) in [5.74, 6) is 0.0371. The SMILES string of the molecule is CCn1cnc2c1CCN(CC(=O)Nc1ccccc1C(C)(C)C)C2. The van der Waals surface area contributed by atoms with E-state index in [0.29, 0.717) is 6.54 Å². The molecule has 0 bridgehead atoms. The lowest BCUT2D eigenvalue weighted by molar-refractivity contribution is -0.117. The normalized spacial score (nSPS) is 15.0. The third kappa shape index (κ3) is 3.93. The summed E-state index contributed by atoms with van der Waals surface area (Å²) in [6.45, 7) is 11.6. The van der Waals surface area contributed by atoms with Crippen LogP contribution in [0.2, 0.25) is 0 Å². The highest BCUT2D eigenvalue weighted by Gasteiger charge is 2.23. The molecule has 0 saturated heterocycles. The van der Waals surface area contributed by atoms with Gasteiger partial charge in [0.2, 0.25) is 5.91 Å². The molecule has 5 nitrogen and oxygen atoms in total. The van der Waals surface area contributed by atoms with E-state index in [0.717, 1.165) is 43.0 Å². The average Bonchev–Trinajstić information content (AvgIpc) is 2.96. The van der Waals surface area contributed by atoms with Gasteiger partial charge in [-0.2, -0.15) is 0 Å². The molecule has 25 heavy (non-hydrogen) atoms. The van der Waals surface area contributed by atoms with Gasteiger partial charge < -0.3 is 9.88 Å².